The molecule has 38 heavy (non-hydrogen) atoms. The first-order chi connectivity index (χ1) is 17.5. The molecule has 0 spiro atoms. The van der Waals surface area contributed by atoms with E-state index in [9.17, 15) is 28.0 Å². The third-order valence-electron chi connectivity index (χ3n) is 8.80. The Hall–Kier alpha value is -2.94. The molecule has 190 valence electrons. The highest BCUT2D eigenvalue weighted by Crippen LogP contribution is 2.56. The van der Waals surface area contributed by atoms with Gasteiger partial charge in [-0.25, -0.2) is 0 Å². The van der Waals surface area contributed by atoms with Crippen LogP contribution in [0.2, 0.25) is 15.5 Å². The van der Waals surface area contributed by atoms with Crippen LogP contribution in [0.1, 0.15) is 27.0 Å². The number of imide groups is 1. The SMILES string of the molecule is BN1C(=O)C(B)(B)C(B)(B)C(B)(N2Cc3cc(CNC(=O)C(F)(F)c4ccc(Cl)cc4)ccc3C2=O)C1=O. The molecule has 1 N–H and O–H groups in total. The molecule has 7 nitrogen and oxygen atoms in total. The average Bonchev–Trinajstić information content (AvgIpc) is 3.20. The number of carbonyl (C=O) groups is 4. The molecule has 1 fully saturated rings. The summed E-state index contributed by atoms with van der Waals surface area (Å²) in [5.74, 6) is -6.36. The van der Waals surface area contributed by atoms with Gasteiger partial charge in [0.15, 0.2) is 0 Å². The van der Waals surface area contributed by atoms with Gasteiger partial charge in [-0.1, -0.05) is 41.1 Å². The fourth-order valence-corrected chi connectivity index (χ4v) is 5.49. The summed E-state index contributed by atoms with van der Waals surface area (Å²) in [5.41, 5.74) is -0.300. The number of rotatable bonds is 5. The Balaban J connectivity index is 1.56. The standard InChI is InChI=1S/C22H24B6ClF2N3O4/c23-20(24)17(37)34(28)18(38)21(25,22(20,26)27)33-9-11-7-10(1-6-14(11)15(33)35)8-32-16(36)19(30,31)12-2-4-13(29)5-3-12/h1-7H,8-9,23-28H2,(H,32,36). The smallest absolute Gasteiger partial charge is 0.346 e. The van der Waals surface area contributed by atoms with Gasteiger partial charge < -0.3 is 15.0 Å². The monoisotopic (exact) mass is 533 g/mol. The molecule has 2 aromatic rings. The van der Waals surface area contributed by atoms with Gasteiger partial charge in [-0.05, 0) is 34.5 Å². The second kappa shape index (κ2) is 9.07. The van der Waals surface area contributed by atoms with Gasteiger partial charge in [0.1, 0.15) is 39.2 Å². The van der Waals surface area contributed by atoms with Gasteiger partial charge in [-0.2, -0.15) is 8.78 Å². The number of nitrogens with one attached hydrogen (secondary N) is 1. The van der Waals surface area contributed by atoms with Crippen LogP contribution >= 0.6 is 11.6 Å². The molecule has 1 saturated heterocycles. The minimum absolute atomic E-state index is 0.0979. The van der Waals surface area contributed by atoms with Gasteiger partial charge in [0, 0.05) is 29.2 Å². The zero-order valence-corrected chi connectivity index (χ0v) is 22.9. The molecule has 4 rings (SSSR count). The van der Waals surface area contributed by atoms with E-state index in [2.05, 4.69) is 5.32 Å². The first kappa shape index (κ1) is 28.1. The van der Waals surface area contributed by atoms with Gasteiger partial charge in [-0.3, -0.25) is 19.2 Å². The van der Waals surface area contributed by atoms with Crippen LogP contribution in [-0.4, -0.2) is 86.0 Å². The summed E-state index contributed by atoms with van der Waals surface area (Å²) in [5, 5.41) is 0.684. The number of halogens is 3. The molecule has 2 aromatic carbocycles. The fourth-order valence-electron chi connectivity index (χ4n) is 5.36. The van der Waals surface area contributed by atoms with Crippen LogP contribution < -0.4 is 5.32 Å². The van der Waals surface area contributed by atoms with Gasteiger partial charge in [0.05, 0.1) is 5.44 Å². The van der Waals surface area contributed by atoms with E-state index in [1.54, 1.807) is 41.7 Å². The van der Waals surface area contributed by atoms with Crippen molar-refractivity contribution in [1.82, 2.24) is 15.0 Å². The highest BCUT2D eigenvalue weighted by Gasteiger charge is 2.65. The molecule has 0 aliphatic carbocycles. The maximum absolute atomic E-state index is 14.6. The second-order valence-corrected chi connectivity index (χ2v) is 11.6. The van der Waals surface area contributed by atoms with E-state index in [1.807, 2.05) is 15.7 Å². The van der Waals surface area contributed by atoms with E-state index in [0.29, 0.717) is 16.7 Å². The summed E-state index contributed by atoms with van der Waals surface area (Å²) in [6.07, 6.45) is 0. The Morgan fingerprint density at radius 2 is 1.61 bits per heavy atom. The molecule has 0 saturated carbocycles. The highest BCUT2D eigenvalue weighted by atomic mass is 35.5. The van der Waals surface area contributed by atoms with Gasteiger partial charge >= 0.3 is 5.92 Å². The zero-order valence-electron chi connectivity index (χ0n) is 22.1. The minimum atomic E-state index is -3.76. The predicted octanol–water partition coefficient (Wildman–Crippen LogP) is -3.28. The normalized spacial score (nSPS) is 22.3. The van der Waals surface area contributed by atoms with E-state index >= 15 is 0 Å². The molecular formula is C22H24B6ClF2N3O4. The van der Waals surface area contributed by atoms with E-state index < -0.39 is 39.2 Å². The number of hydrogen-bond acceptors (Lipinski definition) is 4. The molecule has 0 bridgehead atoms. The van der Waals surface area contributed by atoms with Crippen molar-refractivity contribution < 1.29 is 28.0 Å². The Morgan fingerprint density at radius 3 is 2.21 bits per heavy atom. The van der Waals surface area contributed by atoms with Crippen molar-refractivity contribution in [2.75, 3.05) is 0 Å². The number of carbonyl (C=O) groups excluding carboxylic acids is 4. The van der Waals surface area contributed by atoms with Gasteiger partial charge in [0.25, 0.3) is 11.8 Å². The van der Waals surface area contributed by atoms with Crippen molar-refractivity contribution >= 4 is 82.4 Å². The molecule has 0 aromatic heterocycles. The lowest BCUT2D eigenvalue weighted by molar-refractivity contribution is -0.149. The number of benzene rings is 2. The van der Waals surface area contributed by atoms with Gasteiger partial charge in [-0.15, -0.1) is 0 Å². The van der Waals surface area contributed by atoms with Crippen molar-refractivity contribution in [2.45, 2.75) is 34.9 Å². The Morgan fingerprint density at radius 1 is 1.00 bits per heavy atom. The number of amides is 4. The number of hydrogen-bond donors (Lipinski definition) is 1. The first-order valence-electron chi connectivity index (χ1n) is 12.2. The third kappa shape index (κ3) is 3.92. The van der Waals surface area contributed by atoms with Crippen LogP contribution in [0.4, 0.5) is 8.78 Å². The number of nitrogens with zero attached hydrogens (tertiary/aromatic N) is 2. The van der Waals surface area contributed by atoms with Crippen LogP contribution in [0, 0.1) is 0 Å². The van der Waals surface area contributed by atoms with Crippen molar-refractivity contribution in [3.63, 3.8) is 0 Å². The van der Waals surface area contributed by atoms with E-state index in [0.717, 1.165) is 16.9 Å². The predicted molar refractivity (Wildman–Crippen MR) is 155 cm³/mol. The summed E-state index contributed by atoms with van der Waals surface area (Å²) < 4.78 is 29.2. The zero-order chi connectivity index (χ0) is 28.4. The molecule has 2 aliphatic heterocycles. The highest BCUT2D eigenvalue weighted by molar-refractivity contribution is 6.68. The largest absolute Gasteiger partial charge is 0.349 e. The summed E-state index contributed by atoms with van der Waals surface area (Å²) in [6.45, 7) is -0.0872. The maximum atomic E-state index is 14.6. The Kier molecular flexibility index (Phi) is 6.70. The fraction of sp³-hybridized carbons (Fsp3) is 0.273. The average molecular weight is 533 g/mol. The molecule has 2 heterocycles. The lowest BCUT2D eigenvalue weighted by atomic mass is 9.21. The number of fused-ring (bicyclic) bond motifs is 1. The summed E-state index contributed by atoms with van der Waals surface area (Å²) in [7, 11) is 10.3. The van der Waals surface area contributed by atoms with Crippen LogP contribution in [-0.2, 0) is 33.4 Å². The van der Waals surface area contributed by atoms with Crippen LogP contribution in [0.25, 0.3) is 0 Å². The maximum Gasteiger partial charge on any atom is 0.349 e. The topological polar surface area (TPSA) is 86.8 Å². The summed E-state index contributed by atoms with van der Waals surface area (Å²) in [6, 6.07) is 9.58. The minimum Gasteiger partial charge on any atom is -0.346 e. The molecule has 1 unspecified atom stereocenters. The molecule has 16 heteroatoms. The lowest BCUT2D eigenvalue weighted by Gasteiger charge is -2.61. The van der Waals surface area contributed by atoms with Crippen LogP contribution in [0.15, 0.2) is 42.5 Å². The van der Waals surface area contributed by atoms with Crippen LogP contribution in [0.5, 0.6) is 0 Å². The van der Waals surface area contributed by atoms with E-state index in [-0.39, 0.29) is 29.9 Å². The van der Waals surface area contributed by atoms with E-state index in [4.69, 9.17) is 11.6 Å². The molecule has 4 amide bonds. The lowest BCUT2D eigenvalue weighted by Crippen LogP contribution is -2.75. The van der Waals surface area contributed by atoms with Crippen molar-refractivity contribution in [1.29, 1.82) is 0 Å². The molecule has 2 aliphatic rings. The summed E-state index contributed by atoms with van der Waals surface area (Å²) >= 11 is 5.75. The first-order valence-corrected chi connectivity index (χ1v) is 12.5. The number of piperidine rings is 1. The Bertz CT molecular complexity index is 1380. The Labute approximate surface area is 229 Å². The summed E-state index contributed by atoms with van der Waals surface area (Å²) in [4.78, 5) is 54.8. The quantitative estimate of drug-likeness (QED) is 0.323. The second-order valence-electron chi connectivity index (χ2n) is 11.1. The molecular weight excluding hydrogens is 509 g/mol. The van der Waals surface area contributed by atoms with E-state index in [1.165, 1.54) is 25.0 Å². The van der Waals surface area contributed by atoms with Crippen molar-refractivity contribution in [2.24, 2.45) is 0 Å². The van der Waals surface area contributed by atoms with Gasteiger partial charge in [0.2, 0.25) is 19.8 Å². The molecule has 0 radical (unpaired) electrons. The molecule has 1 atom stereocenters. The number of alkyl halides is 2. The van der Waals surface area contributed by atoms with Crippen LogP contribution in [0.3, 0.4) is 0 Å². The third-order valence-corrected chi connectivity index (χ3v) is 9.05. The van der Waals surface area contributed by atoms with Crippen molar-refractivity contribution in [3.8, 4) is 0 Å². The van der Waals surface area contributed by atoms with Crippen molar-refractivity contribution in [3.05, 3.63) is 69.7 Å².